The summed E-state index contributed by atoms with van der Waals surface area (Å²) >= 11 is 0. The summed E-state index contributed by atoms with van der Waals surface area (Å²) in [5, 5.41) is 5.24. The van der Waals surface area contributed by atoms with Gasteiger partial charge in [-0.25, -0.2) is 28.1 Å². The quantitative estimate of drug-likeness (QED) is 0.321. The van der Waals surface area contributed by atoms with Crippen LogP contribution in [-0.2, 0) is 14.3 Å². The summed E-state index contributed by atoms with van der Waals surface area (Å²) in [6.45, 7) is 2.93. The van der Waals surface area contributed by atoms with Gasteiger partial charge in [-0.2, -0.15) is 0 Å². The number of esters is 1. The third-order valence-corrected chi connectivity index (χ3v) is 7.29. The van der Waals surface area contributed by atoms with Gasteiger partial charge < -0.3 is 25.0 Å². The summed E-state index contributed by atoms with van der Waals surface area (Å²) in [5.41, 5.74) is 1.09. The fourth-order valence-electron chi connectivity index (χ4n) is 5.29. The average molecular weight is 559 g/mol. The number of carbonyl (C=O) groups excluding carboxylic acids is 3. The van der Waals surface area contributed by atoms with Crippen LogP contribution >= 0.6 is 0 Å². The van der Waals surface area contributed by atoms with Gasteiger partial charge in [-0.3, -0.25) is 4.98 Å². The largest absolute Gasteiger partial charge is 0.466 e. The minimum atomic E-state index is -1.36. The summed E-state index contributed by atoms with van der Waals surface area (Å²) in [6.07, 6.45) is 4.55. The van der Waals surface area contributed by atoms with Gasteiger partial charge in [-0.15, -0.1) is 0 Å². The van der Waals surface area contributed by atoms with E-state index in [-0.39, 0.29) is 30.0 Å². The van der Waals surface area contributed by atoms with Crippen LogP contribution in [-0.4, -0.2) is 74.9 Å². The van der Waals surface area contributed by atoms with Gasteiger partial charge in [-0.1, -0.05) is 12.1 Å². The van der Waals surface area contributed by atoms with E-state index in [2.05, 4.69) is 21.7 Å². The highest BCUT2D eigenvalue weighted by Crippen LogP contribution is 2.35. The number of nitrogens with one attached hydrogen (secondary N) is 3. The number of quaternary nitrogens is 1. The minimum absolute atomic E-state index is 0.0260. The number of methoxy groups -OCH3 is 2. The van der Waals surface area contributed by atoms with E-state index in [4.69, 9.17) is 9.47 Å². The smallest absolute Gasteiger partial charge is 0.338 e. The molecular formula is C28H34F2N5O5+. The number of imide groups is 1. The zero-order valence-corrected chi connectivity index (χ0v) is 22.5. The lowest BCUT2D eigenvalue weighted by molar-refractivity contribution is -0.905. The molecule has 12 heteroatoms. The molecule has 0 saturated carbocycles. The number of hydrogen-bond donors (Lipinski definition) is 3. The molecule has 4 rings (SSSR count). The number of ether oxygens (including phenoxy) is 2. The molecule has 1 aromatic heterocycles. The fourth-order valence-corrected chi connectivity index (χ4v) is 5.29. The number of halogens is 2. The van der Waals surface area contributed by atoms with Crippen molar-refractivity contribution in [3.8, 4) is 0 Å². The van der Waals surface area contributed by atoms with Gasteiger partial charge in [0.2, 0.25) is 0 Å². The Hall–Kier alpha value is -3.90. The van der Waals surface area contributed by atoms with Crippen LogP contribution in [0.25, 0.3) is 0 Å². The average Bonchev–Trinajstić information content (AvgIpc) is 2.97. The Bertz CT molecular complexity index is 1250. The summed E-state index contributed by atoms with van der Waals surface area (Å²) in [7, 11) is 2.51. The van der Waals surface area contributed by atoms with Gasteiger partial charge in [0.05, 0.1) is 44.6 Å². The molecule has 3 heterocycles. The normalized spacial score (nSPS) is 21.1. The Morgan fingerprint density at radius 1 is 1.15 bits per heavy atom. The van der Waals surface area contributed by atoms with Crippen LogP contribution in [0.5, 0.6) is 0 Å². The number of carbonyl (C=O) groups is 3. The molecule has 1 atom stereocenters. The van der Waals surface area contributed by atoms with Gasteiger partial charge >= 0.3 is 18.0 Å². The molecule has 10 nitrogen and oxygen atoms in total. The first-order valence-electron chi connectivity index (χ1n) is 13.2. The first kappa shape index (κ1) is 29.1. The number of pyridine rings is 1. The van der Waals surface area contributed by atoms with Crippen molar-refractivity contribution in [2.75, 3.05) is 47.0 Å². The zero-order valence-electron chi connectivity index (χ0n) is 22.5. The van der Waals surface area contributed by atoms with Crippen LogP contribution in [0.2, 0.25) is 0 Å². The molecule has 0 radical (unpaired) electrons. The van der Waals surface area contributed by atoms with E-state index in [1.807, 2.05) is 18.3 Å². The standard InChI is InChI=1S/C28H33F2N5O5/c1-39-17-23-24(26(36)40-2)25(19-7-8-20(29)21(30)16-19)35(28(38)33-23)27(37)32-12-5-13-34-14-9-18(10-15-34)22-6-3-4-11-31-22/h3-4,6-8,11,16,18,25H,5,9-10,12-15,17H2,1-2H3,(H,32,37)(H,33,38)/p+1. The number of urea groups is 2. The lowest BCUT2D eigenvalue weighted by Crippen LogP contribution is -3.13. The molecule has 214 valence electrons. The highest BCUT2D eigenvalue weighted by atomic mass is 19.2. The van der Waals surface area contributed by atoms with Gasteiger partial charge in [-0.05, 0) is 29.8 Å². The molecule has 2 aliphatic rings. The Kier molecular flexibility index (Phi) is 9.78. The second-order valence-electron chi connectivity index (χ2n) is 9.81. The lowest BCUT2D eigenvalue weighted by atomic mass is 9.93. The van der Waals surface area contributed by atoms with E-state index in [0.717, 1.165) is 62.3 Å². The maximum atomic E-state index is 14.2. The molecule has 1 saturated heterocycles. The van der Waals surface area contributed by atoms with Gasteiger partial charge in [0, 0.05) is 50.7 Å². The second-order valence-corrected chi connectivity index (χ2v) is 9.81. The van der Waals surface area contributed by atoms with Gasteiger partial charge in [0.1, 0.15) is 6.04 Å². The molecule has 2 aromatic rings. The van der Waals surface area contributed by atoms with Crippen molar-refractivity contribution in [1.29, 1.82) is 0 Å². The summed E-state index contributed by atoms with van der Waals surface area (Å²) in [4.78, 5) is 45.8. The van der Waals surface area contributed by atoms with Gasteiger partial charge in [0.15, 0.2) is 11.6 Å². The molecule has 3 N–H and O–H groups in total. The number of likely N-dealkylation sites (tertiary alicyclic amines) is 1. The molecule has 4 amide bonds. The van der Waals surface area contributed by atoms with Crippen LogP contribution in [0.3, 0.4) is 0 Å². The lowest BCUT2D eigenvalue weighted by Gasteiger charge is -2.36. The first-order chi connectivity index (χ1) is 19.3. The third-order valence-electron chi connectivity index (χ3n) is 7.29. The maximum Gasteiger partial charge on any atom is 0.338 e. The molecule has 1 fully saturated rings. The number of aromatic nitrogens is 1. The predicted molar refractivity (Wildman–Crippen MR) is 140 cm³/mol. The van der Waals surface area contributed by atoms with E-state index in [1.165, 1.54) is 18.1 Å². The van der Waals surface area contributed by atoms with Gasteiger partial charge in [0.25, 0.3) is 0 Å². The van der Waals surface area contributed by atoms with Crippen LogP contribution in [0, 0.1) is 11.6 Å². The Morgan fingerprint density at radius 3 is 2.58 bits per heavy atom. The van der Waals surface area contributed by atoms with Crippen molar-refractivity contribution in [3.05, 3.63) is 76.8 Å². The first-order valence-corrected chi connectivity index (χ1v) is 13.2. The number of nitrogens with zero attached hydrogens (tertiary/aromatic N) is 2. The van der Waals surface area contributed by atoms with Crippen LogP contribution in [0.4, 0.5) is 18.4 Å². The Balaban J connectivity index is 1.43. The third kappa shape index (κ3) is 6.62. The van der Waals surface area contributed by atoms with Crippen LogP contribution in [0.15, 0.2) is 53.9 Å². The maximum absolute atomic E-state index is 14.2. The highest BCUT2D eigenvalue weighted by Gasteiger charge is 2.43. The molecule has 1 unspecified atom stereocenters. The van der Waals surface area contributed by atoms with Crippen molar-refractivity contribution in [1.82, 2.24) is 20.5 Å². The Labute approximate surface area is 231 Å². The number of rotatable bonds is 9. The van der Waals surface area contributed by atoms with E-state index in [1.54, 1.807) is 0 Å². The number of benzene rings is 1. The number of amides is 4. The fraction of sp³-hybridized carbons (Fsp3) is 0.429. The van der Waals surface area contributed by atoms with E-state index in [9.17, 15) is 23.2 Å². The zero-order chi connectivity index (χ0) is 28.6. The summed E-state index contributed by atoms with van der Waals surface area (Å²) < 4.78 is 37.9. The van der Waals surface area contributed by atoms with E-state index >= 15 is 0 Å². The van der Waals surface area contributed by atoms with Crippen molar-refractivity contribution in [3.63, 3.8) is 0 Å². The molecule has 0 bridgehead atoms. The molecule has 2 aliphatic heterocycles. The van der Waals surface area contributed by atoms with Crippen molar-refractivity contribution in [2.45, 2.75) is 31.2 Å². The molecule has 0 spiro atoms. The predicted octanol–water partition coefficient (Wildman–Crippen LogP) is 2.06. The second kappa shape index (κ2) is 13.4. The SMILES string of the molecule is COCC1=C(C(=O)OC)C(c2ccc(F)c(F)c2)N(C(=O)NCCC[NH+]2CCC(c3ccccn3)CC2)C(=O)N1. The van der Waals surface area contributed by atoms with Crippen LogP contribution < -0.4 is 15.5 Å². The Morgan fingerprint density at radius 2 is 1.93 bits per heavy atom. The van der Waals surface area contributed by atoms with Crippen molar-refractivity contribution in [2.24, 2.45) is 0 Å². The molecular weight excluding hydrogens is 524 g/mol. The molecule has 0 aliphatic carbocycles. The molecule has 40 heavy (non-hydrogen) atoms. The van der Waals surface area contributed by atoms with E-state index < -0.39 is 35.7 Å². The van der Waals surface area contributed by atoms with E-state index in [0.29, 0.717) is 12.3 Å². The minimum Gasteiger partial charge on any atom is -0.466 e. The van der Waals surface area contributed by atoms with Crippen molar-refractivity contribution >= 4 is 18.0 Å². The summed E-state index contributed by atoms with van der Waals surface area (Å²) in [5.74, 6) is -2.68. The monoisotopic (exact) mass is 558 g/mol. The molecule has 1 aromatic carbocycles. The number of hydrogen-bond acceptors (Lipinski definition) is 6. The highest BCUT2D eigenvalue weighted by molar-refractivity contribution is 6.01. The van der Waals surface area contributed by atoms with Crippen molar-refractivity contribution < 1.29 is 37.5 Å². The number of piperidine rings is 1. The van der Waals surface area contributed by atoms with Crippen LogP contribution in [0.1, 0.15) is 42.5 Å². The topological polar surface area (TPSA) is 114 Å². The summed E-state index contributed by atoms with van der Waals surface area (Å²) in [6, 6.07) is 5.94.